The summed E-state index contributed by atoms with van der Waals surface area (Å²) in [6.07, 6.45) is 0. The predicted octanol–water partition coefficient (Wildman–Crippen LogP) is 3.45. The smallest absolute Gasteiger partial charge is 0.274 e. The molecule has 0 saturated carbocycles. The minimum absolute atomic E-state index is 0.00165. The summed E-state index contributed by atoms with van der Waals surface area (Å²) in [5, 5.41) is 4.92. The summed E-state index contributed by atoms with van der Waals surface area (Å²) in [5.74, 6) is 0.738. The maximum Gasteiger partial charge on any atom is 0.274 e. The van der Waals surface area contributed by atoms with Gasteiger partial charge in [0.05, 0.1) is 37.8 Å². The molecule has 4 heterocycles. The number of rotatable bonds is 3. The van der Waals surface area contributed by atoms with Crippen molar-refractivity contribution in [3.8, 4) is 16.9 Å². The Labute approximate surface area is 197 Å². The first-order chi connectivity index (χ1) is 16.3. The monoisotopic (exact) mass is 462 g/mol. The second-order valence-electron chi connectivity index (χ2n) is 8.39. The molecule has 0 radical (unpaired) electrons. The van der Waals surface area contributed by atoms with E-state index in [1.807, 2.05) is 9.58 Å². The number of hydrogen-bond acceptors (Lipinski definition) is 6. The van der Waals surface area contributed by atoms with Crippen molar-refractivity contribution in [2.75, 3.05) is 57.5 Å². The van der Waals surface area contributed by atoms with Crippen molar-refractivity contribution in [1.29, 1.82) is 0 Å². The number of nitrogens with zero attached hydrogens (tertiary/aromatic N) is 4. The average Bonchev–Trinajstić information content (AvgIpc) is 3.30. The Morgan fingerprint density at radius 2 is 1.52 bits per heavy atom. The lowest BCUT2D eigenvalue weighted by molar-refractivity contribution is 0.0298. The second-order valence-corrected chi connectivity index (χ2v) is 9.41. The second kappa shape index (κ2) is 8.85. The van der Waals surface area contributed by atoms with Crippen molar-refractivity contribution in [2.45, 2.75) is 10.6 Å². The van der Waals surface area contributed by atoms with Gasteiger partial charge < -0.3 is 19.3 Å². The fourth-order valence-corrected chi connectivity index (χ4v) is 5.77. The van der Waals surface area contributed by atoms with Gasteiger partial charge in [-0.15, -0.1) is 11.8 Å². The average molecular weight is 463 g/mol. The molecular formula is C25H26N4O3S. The van der Waals surface area contributed by atoms with E-state index in [1.165, 1.54) is 10.6 Å². The number of hydrogen-bond donors (Lipinski definition) is 0. The van der Waals surface area contributed by atoms with Gasteiger partial charge in [0, 0.05) is 53.6 Å². The quantitative estimate of drug-likeness (QED) is 0.594. The molecule has 3 aliphatic heterocycles. The van der Waals surface area contributed by atoms with Gasteiger partial charge in [-0.25, -0.2) is 4.68 Å². The van der Waals surface area contributed by atoms with E-state index in [1.54, 1.807) is 11.8 Å². The Bertz CT molecular complexity index is 1160. The number of thioether (sulfide) groups is 1. The Hall–Kier alpha value is -2.81. The van der Waals surface area contributed by atoms with E-state index >= 15 is 0 Å². The van der Waals surface area contributed by atoms with Crippen LogP contribution >= 0.6 is 11.8 Å². The van der Waals surface area contributed by atoms with Crippen LogP contribution in [-0.2, 0) is 15.2 Å². The highest BCUT2D eigenvalue weighted by Gasteiger charge is 2.31. The van der Waals surface area contributed by atoms with Crippen LogP contribution in [0.25, 0.3) is 16.9 Å². The van der Waals surface area contributed by atoms with Crippen LogP contribution in [-0.4, -0.2) is 73.2 Å². The number of carbonyl (C=O) groups is 1. The van der Waals surface area contributed by atoms with Crippen LogP contribution < -0.4 is 4.90 Å². The molecule has 0 atom stereocenters. The number of carbonyl (C=O) groups excluding carboxylic acids is 1. The lowest BCUT2D eigenvalue weighted by atomic mass is 10.0. The highest BCUT2D eigenvalue weighted by Crippen LogP contribution is 2.43. The number of morpholine rings is 2. The first-order valence-electron chi connectivity index (χ1n) is 11.4. The van der Waals surface area contributed by atoms with E-state index in [0.29, 0.717) is 32.0 Å². The minimum atomic E-state index is -0.00165. The number of anilines is 1. The molecule has 0 bridgehead atoms. The van der Waals surface area contributed by atoms with Gasteiger partial charge in [0.25, 0.3) is 5.91 Å². The van der Waals surface area contributed by atoms with Crippen molar-refractivity contribution >= 4 is 23.4 Å². The van der Waals surface area contributed by atoms with Crippen LogP contribution in [0.4, 0.5) is 5.69 Å². The predicted molar refractivity (Wildman–Crippen MR) is 128 cm³/mol. The molecule has 3 aliphatic rings. The molecule has 1 aromatic heterocycles. The normalized spacial score (nSPS) is 18.1. The summed E-state index contributed by atoms with van der Waals surface area (Å²) in [5.41, 5.74) is 5.89. The SMILES string of the molecule is O=C(c1nn(-c2ccc(N3CCOCC3)cc2)c2c1CSc1ccccc1-2)N1CCOCC1. The first-order valence-corrected chi connectivity index (χ1v) is 12.4. The Kier molecular flexibility index (Phi) is 5.57. The van der Waals surface area contributed by atoms with E-state index in [2.05, 4.69) is 53.4 Å². The van der Waals surface area contributed by atoms with Crippen LogP contribution in [0.2, 0.25) is 0 Å². The van der Waals surface area contributed by atoms with Crippen molar-refractivity contribution in [1.82, 2.24) is 14.7 Å². The van der Waals surface area contributed by atoms with Gasteiger partial charge in [-0.3, -0.25) is 4.79 Å². The zero-order chi connectivity index (χ0) is 22.2. The Morgan fingerprint density at radius 3 is 2.27 bits per heavy atom. The number of amides is 1. The number of aromatic nitrogens is 2. The molecule has 6 rings (SSSR count). The Morgan fingerprint density at radius 1 is 0.848 bits per heavy atom. The van der Waals surface area contributed by atoms with E-state index in [9.17, 15) is 4.79 Å². The molecule has 170 valence electrons. The van der Waals surface area contributed by atoms with Crippen molar-refractivity contribution < 1.29 is 14.3 Å². The summed E-state index contributed by atoms with van der Waals surface area (Å²) in [4.78, 5) is 18.9. The molecule has 2 fully saturated rings. The highest BCUT2D eigenvalue weighted by atomic mass is 32.2. The van der Waals surface area contributed by atoms with Gasteiger partial charge >= 0.3 is 0 Å². The van der Waals surface area contributed by atoms with Crippen LogP contribution in [0.3, 0.4) is 0 Å². The lowest BCUT2D eigenvalue weighted by Gasteiger charge is -2.29. The molecule has 0 unspecified atom stereocenters. The summed E-state index contributed by atoms with van der Waals surface area (Å²) in [6.45, 7) is 5.70. The highest BCUT2D eigenvalue weighted by molar-refractivity contribution is 7.98. The fraction of sp³-hybridized carbons (Fsp3) is 0.360. The standard InChI is InChI=1S/C25H26N4O3S/c30-25(28-11-15-32-16-12-28)23-21-17-33-22-4-2-1-3-20(22)24(21)29(26-23)19-7-5-18(6-8-19)27-9-13-31-14-10-27/h1-8H,9-17H2. The van der Waals surface area contributed by atoms with Crippen molar-refractivity contribution in [2.24, 2.45) is 0 Å². The van der Waals surface area contributed by atoms with Crippen LogP contribution in [0.15, 0.2) is 53.4 Å². The molecule has 1 amide bonds. The summed E-state index contributed by atoms with van der Waals surface area (Å²) < 4.78 is 12.9. The van der Waals surface area contributed by atoms with Crippen molar-refractivity contribution in [3.05, 3.63) is 59.8 Å². The molecule has 7 nitrogen and oxygen atoms in total. The third kappa shape index (κ3) is 3.82. The summed E-state index contributed by atoms with van der Waals surface area (Å²) in [7, 11) is 0. The molecule has 0 N–H and O–H groups in total. The first kappa shape index (κ1) is 20.8. The van der Waals surface area contributed by atoms with Crippen LogP contribution in [0.1, 0.15) is 16.1 Å². The lowest BCUT2D eigenvalue weighted by Crippen LogP contribution is -2.41. The zero-order valence-electron chi connectivity index (χ0n) is 18.4. The minimum Gasteiger partial charge on any atom is -0.378 e. The van der Waals surface area contributed by atoms with Gasteiger partial charge in [-0.2, -0.15) is 5.10 Å². The summed E-state index contributed by atoms with van der Waals surface area (Å²) in [6, 6.07) is 16.9. The van der Waals surface area contributed by atoms with Gasteiger partial charge in [0.15, 0.2) is 5.69 Å². The number of fused-ring (bicyclic) bond motifs is 3. The van der Waals surface area contributed by atoms with Gasteiger partial charge in [0.2, 0.25) is 0 Å². The molecule has 2 saturated heterocycles. The van der Waals surface area contributed by atoms with E-state index in [-0.39, 0.29) is 5.91 Å². The molecule has 8 heteroatoms. The molecule has 2 aromatic carbocycles. The number of benzene rings is 2. The van der Waals surface area contributed by atoms with Crippen molar-refractivity contribution in [3.63, 3.8) is 0 Å². The largest absolute Gasteiger partial charge is 0.378 e. The molecular weight excluding hydrogens is 436 g/mol. The van der Waals surface area contributed by atoms with E-state index in [0.717, 1.165) is 54.6 Å². The van der Waals surface area contributed by atoms with Gasteiger partial charge in [-0.1, -0.05) is 18.2 Å². The zero-order valence-corrected chi connectivity index (χ0v) is 19.2. The maximum atomic E-state index is 13.5. The van der Waals surface area contributed by atoms with Gasteiger partial charge in [-0.05, 0) is 30.3 Å². The van der Waals surface area contributed by atoms with E-state index < -0.39 is 0 Å². The maximum absolute atomic E-state index is 13.5. The summed E-state index contributed by atoms with van der Waals surface area (Å²) >= 11 is 1.77. The van der Waals surface area contributed by atoms with E-state index in [4.69, 9.17) is 14.6 Å². The molecule has 33 heavy (non-hydrogen) atoms. The molecule has 3 aromatic rings. The third-order valence-electron chi connectivity index (χ3n) is 6.47. The van der Waals surface area contributed by atoms with Gasteiger partial charge in [0.1, 0.15) is 0 Å². The number of ether oxygens (including phenoxy) is 2. The third-order valence-corrected chi connectivity index (χ3v) is 7.57. The van der Waals surface area contributed by atoms with Crippen LogP contribution in [0.5, 0.6) is 0 Å². The fourth-order valence-electron chi connectivity index (χ4n) is 4.70. The topological polar surface area (TPSA) is 59.8 Å². The Balaban J connectivity index is 1.42. The molecule has 0 aliphatic carbocycles. The molecule has 0 spiro atoms. The van der Waals surface area contributed by atoms with Crippen LogP contribution in [0, 0.1) is 0 Å².